The Hall–Kier alpha value is -7.63. The molecule has 0 aliphatic heterocycles. The third-order valence-corrected chi connectivity index (χ3v) is 10.6. The van der Waals surface area contributed by atoms with Crippen LogP contribution in [0.3, 0.4) is 0 Å². The minimum absolute atomic E-state index is 0.575. The summed E-state index contributed by atoms with van der Waals surface area (Å²) in [7, 11) is 0. The largest absolute Gasteiger partial charge is 0.455 e. The molecule has 56 heavy (non-hydrogen) atoms. The number of para-hydroxylation sites is 3. The van der Waals surface area contributed by atoms with Crippen molar-refractivity contribution in [3.05, 3.63) is 188 Å². The van der Waals surface area contributed by atoms with Gasteiger partial charge in [0.2, 0.25) is 0 Å². The molecule has 0 atom stereocenters. The van der Waals surface area contributed by atoms with Crippen LogP contribution in [0.4, 0.5) is 0 Å². The average molecular weight is 718 g/mol. The van der Waals surface area contributed by atoms with Gasteiger partial charge in [-0.25, -0.2) is 15.0 Å². The van der Waals surface area contributed by atoms with Crippen molar-refractivity contribution in [3.63, 3.8) is 0 Å². The van der Waals surface area contributed by atoms with Crippen molar-refractivity contribution in [2.24, 2.45) is 0 Å². The second kappa shape index (κ2) is 13.0. The van der Waals surface area contributed by atoms with Crippen LogP contribution in [0.25, 0.3) is 111 Å². The second-order valence-electron chi connectivity index (χ2n) is 13.9. The molecule has 3 aromatic heterocycles. The lowest BCUT2D eigenvalue weighted by molar-refractivity contribution is 0.669. The average Bonchev–Trinajstić information content (AvgIpc) is 3.85. The lowest BCUT2D eigenvalue weighted by Gasteiger charge is -2.11. The summed E-state index contributed by atoms with van der Waals surface area (Å²) in [6.07, 6.45) is 0. The Kier molecular flexibility index (Phi) is 7.42. The molecule has 0 saturated carbocycles. The van der Waals surface area contributed by atoms with Crippen LogP contribution < -0.4 is 0 Å². The summed E-state index contributed by atoms with van der Waals surface area (Å²) in [6, 6.07) is 64.4. The zero-order chi connectivity index (χ0) is 37.0. The molecule has 8 aromatic carbocycles. The maximum absolute atomic E-state index is 6.83. The Morgan fingerprint density at radius 2 is 0.714 bits per heavy atom. The molecule has 0 bridgehead atoms. The van der Waals surface area contributed by atoms with E-state index in [4.69, 9.17) is 23.8 Å². The Labute approximate surface area is 322 Å². The van der Waals surface area contributed by atoms with E-state index in [0.717, 1.165) is 93.9 Å². The van der Waals surface area contributed by atoms with Crippen LogP contribution in [0, 0.1) is 0 Å². The van der Waals surface area contributed by atoms with E-state index in [2.05, 4.69) is 140 Å². The van der Waals surface area contributed by atoms with Crippen molar-refractivity contribution < 1.29 is 8.83 Å². The molecule has 0 unspecified atom stereocenters. The number of rotatable bonds is 6. The highest BCUT2D eigenvalue weighted by Crippen LogP contribution is 2.43. The van der Waals surface area contributed by atoms with Crippen LogP contribution in [0.1, 0.15) is 0 Å². The Morgan fingerprint density at radius 1 is 0.268 bits per heavy atom. The third kappa shape index (κ3) is 5.37. The summed E-state index contributed by atoms with van der Waals surface area (Å²) >= 11 is 0. The number of furan rings is 2. The van der Waals surface area contributed by atoms with E-state index >= 15 is 0 Å². The summed E-state index contributed by atoms with van der Waals surface area (Å²) in [5, 5.41) is 4.28. The van der Waals surface area contributed by atoms with Gasteiger partial charge in [-0.3, -0.25) is 0 Å². The highest BCUT2D eigenvalue weighted by Gasteiger charge is 2.20. The van der Waals surface area contributed by atoms with Gasteiger partial charge in [0.25, 0.3) is 0 Å². The Balaban J connectivity index is 1.05. The van der Waals surface area contributed by atoms with Crippen LogP contribution in [0.5, 0.6) is 0 Å². The van der Waals surface area contributed by atoms with E-state index in [-0.39, 0.29) is 0 Å². The smallest absolute Gasteiger partial charge is 0.164 e. The van der Waals surface area contributed by atoms with Crippen molar-refractivity contribution in [1.82, 2.24) is 15.0 Å². The number of aromatic nitrogens is 3. The Bertz CT molecular complexity index is 3250. The van der Waals surface area contributed by atoms with Crippen molar-refractivity contribution in [2.75, 3.05) is 0 Å². The topological polar surface area (TPSA) is 65.0 Å². The molecule has 0 spiro atoms. The molecule has 3 heterocycles. The maximum Gasteiger partial charge on any atom is 0.164 e. The van der Waals surface area contributed by atoms with Gasteiger partial charge >= 0.3 is 0 Å². The second-order valence-corrected chi connectivity index (χ2v) is 13.9. The van der Waals surface area contributed by atoms with Crippen molar-refractivity contribution >= 4 is 43.9 Å². The summed E-state index contributed by atoms with van der Waals surface area (Å²) < 4.78 is 13.3. The molecule has 0 aliphatic rings. The first-order valence-corrected chi connectivity index (χ1v) is 18.7. The molecule has 0 amide bonds. The number of hydrogen-bond acceptors (Lipinski definition) is 5. The monoisotopic (exact) mass is 717 g/mol. The zero-order valence-corrected chi connectivity index (χ0v) is 30.1. The quantitative estimate of drug-likeness (QED) is 0.171. The molecule has 0 saturated heterocycles. The fraction of sp³-hybridized carbons (Fsp3) is 0. The van der Waals surface area contributed by atoms with E-state index in [1.54, 1.807) is 0 Å². The highest BCUT2D eigenvalue weighted by atomic mass is 16.3. The van der Waals surface area contributed by atoms with Crippen LogP contribution in [0.2, 0.25) is 0 Å². The zero-order valence-electron chi connectivity index (χ0n) is 30.1. The maximum atomic E-state index is 6.83. The standard InChI is InChI=1S/C51H31N3O2/c1-3-14-32(15-4-1)34-18-11-19-35(30-34)50-52-49(33-16-5-2-6-17-33)53-51(54-50)36-28-29-40-44-26-13-24-42(48(44)56-46(40)31-36)38-21-8-7-20-37(38)41-23-12-25-43-39-22-9-10-27-45(39)55-47(41)43/h1-31H. The first-order chi connectivity index (χ1) is 27.7. The number of fused-ring (bicyclic) bond motifs is 6. The van der Waals surface area contributed by atoms with Gasteiger partial charge in [-0.05, 0) is 46.5 Å². The van der Waals surface area contributed by atoms with E-state index < -0.39 is 0 Å². The first-order valence-electron chi connectivity index (χ1n) is 18.7. The van der Waals surface area contributed by atoms with Crippen molar-refractivity contribution in [3.8, 4) is 67.5 Å². The Morgan fingerprint density at radius 3 is 1.39 bits per heavy atom. The molecule has 0 radical (unpaired) electrons. The van der Waals surface area contributed by atoms with Gasteiger partial charge in [-0.2, -0.15) is 0 Å². The lowest BCUT2D eigenvalue weighted by atomic mass is 9.92. The molecule has 0 fully saturated rings. The third-order valence-electron chi connectivity index (χ3n) is 10.6. The highest BCUT2D eigenvalue weighted by molar-refractivity contribution is 6.13. The minimum Gasteiger partial charge on any atom is -0.455 e. The van der Waals surface area contributed by atoms with Crippen LogP contribution in [-0.2, 0) is 0 Å². The van der Waals surface area contributed by atoms with Gasteiger partial charge < -0.3 is 8.83 Å². The normalized spacial score (nSPS) is 11.6. The molecular formula is C51H31N3O2. The SMILES string of the molecule is c1ccc(-c2cccc(-c3nc(-c4ccccc4)nc(-c4ccc5c(c4)oc4c(-c6ccccc6-c6cccc7c6oc6ccccc67)cccc45)n3)c2)cc1. The van der Waals surface area contributed by atoms with Crippen LogP contribution in [0.15, 0.2) is 197 Å². The van der Waals surface area contributed by atoms with E-state index in [1.165, 1.54) is 0 Å². The molecule has 5 nitrogen and oxygen atoms in total. The molecular weight excluding hydrogens is 687 g/mol. The molecule has 262 valence electrons. The number of hydrogen-bond donors (Lipinski definition) is 0. The lowest BCUT2D eigenvalue weighted by Crippen LogP contribution is -2.00. The first kappa shape index (κ1) is 31.9. The summed E-state index contributed by atoms with van der Waals surface area (Å²) in [6.45, 7) is 0. The number of benzene rings is 8. The van der Waals surface area contributed by atoms with E-state index in [1.807, 2.05) is 48.5 Å². The fourth-order valence-corrected chi connectivity index (χ4v) is 7.88. The van der Waals surface area contributed by atoms with Crippen LogP contribution >= 0.6 is 0 Å². The van der Waals surface area contributed by atoms with Gasteiger partial charge in [0.05, 0.1) is 0 Å². The van der Waals surface area contributed by atoms with E-state index in [9.17, 15) is 0 Å². The predicted molar refractivity (Wildman–Crippen MR) is 227 cm³/mol. The van der Waals surface area contributed by atoms with Crippen molar-refractivity contribution in [1.29, 1.82) is 0 Å². The fourth-order valence-electron chi connectivity index (χ4n) is 7.88. The summed E-state index contributed by atoms with van der Waals surface area (Å²) in [5.41, 5.74) is 12.4. The number of nitrogens with zero attached hydrogens (tertiary/aromatic N) is 3. The minimum atomic E-state index is 0.575. The van der Waals surface area contributed by atoms with Gasteiger partial charge in [-0.15, -0.1) is 0 Å². The van der Waals surface area contributed by atoms with E-state index in [0.29, 0.717) is 17.5 Å². The van der Waals surface area contributed by atoms with Gasteiger partial charge in [0.15, 0.2) is 17.5 Å². The summed E-state index contributed by atoms with van der Waals surface area (Å²) in [5.74, 6) is 1.79. The molecule has 11 aromatic rings. The van der Waals surface area contributed by atoms with Crippen molar-refractivity contribution in [2.45, 2.75) is 0 Å². The van der Waals surface area contributed by atoms with Crippen LogP contribution in [-0.4, -0.2) is 15.0 Å². The van der Waals surface area contributed by atoms with Gasteiger partial charge in [-0.1, -0.05) is 164 Å². The summed E-state index contributed by atoms with van der Waals surface area (Å²) in [4.78, 5) is 15.1. The van der Waals surface area contributed by atoms with Gasteiger partial charge in [0, 0.05) is 49.4 Å². The molecule has 0 N–H and O–H groups in total. The molecule has 11 rings (SSSR count). The predicted octanol–water partition coefficient (Wildman–Crippen LogP) is 13.7. The molecule has 0 aliphatic carbocycles. The molecule has 5 heteroatoms. The van der Waals surface area contributed by atoms with Gasteiger partial charge in [0.1, 0.15) is 22.3 Å².